The summed E-state index contributed by atoms with van der Waals surface area (Å²) in [6.45, 7) is 4.38. The van der Waals surface area contributed by atoms with Crippen LogP contribution in [0.15, 0.2) is 42.5 Å². The van der Waals surface area contributed by atoms with Crippen LogP contribution in [0.25, 0.3) is 0 Å². The average molecular weight is 267 g/mol. The Kier molecular flexibility index (Phi) is 3.75. The number of benzene rings is 2. The molecule has 1 aliphatic rings. The number of aliphatic hydroxyl groups is 1. The summed E-state index contributed by atoms with van der Waals surface area (Å²) in [6, 6.07) is 15.0. The Morgan fingerprint density at radius 3 is 2.20 bits per heavy atom. The molecule has 0 unspecified atom stereocenters. The zero-order valence-electron chi connectivity index (χ0n) is 12.0. The van der Waals surface area contributed by atoms with Crippen molar-refractivity contribution in [1.29, 1.82) is 0 Å². The van der Waals surface area contributed by atoms with Gasteiger partial charge in [0, 0.05) is 18.8 Å². The normalized spacial score (nSPS) is 14.8. The van der Waals surface area contributed by atoms with Gasteiger partial charge in [-0.1, -0.05) is 36.4 Å². The van der Waals surface area contributed by atoms with Gasteiger partial charge in [0.25, 0.3) is 0 Å². The second kappa shape index (κ2) is 5.68. The maximum absolute atomic E-state index is 9.21. The van der Waals surface area contributed by atoms with Gasteiger partial charge in [-0.05, 0) is 48.1 Å². The Balaban J connectivity index is 1.83. The topological polar surface area (TPSA) is 23.5 Å². The third-order valence-electron chi connectivity index (χ3n) is 4.20. The first-order valence-electron chi connectivity index (χ1n) is 7.30. The maximum atomic E-state index is 9.21. The van der Waals surface area contributed by atoms with Crippen LogP contribution in [0.3, 0.4) is 0 Å². The maximum Gasteiger partial charge on any atom is 0.0681 e. The Bertz CT molecular complexity index is 579. The molecule has 0 radical (unpaired) electrons. The monoisotopic (exact) mass is 267 g/mol. The molecule has 0 amide bonds. The molecule has 1 heterocycles. The largest absolute Gasteiger partial charge is 0.392 e. The van der Waals surface area contributed by atoms with E-state index in [2.05, 4.69) is 48.2 Å². The van der Waals surface area contributed by atoms with E-state index in [1.165, 1.54) is 22.4 Å². The number of nitrogens with zero attached hydrogens (tertiary/aromatic N) is 1. The van der Waals surface area contributed by atoms with Crippen molar-refractivity contribution in [2.75, 3.05) is 18.0 Å². The number of rotatable bonds is 2. The Morgan fingerprint density at radius 2 is 1.65 bits per heavy atom. The molecule has 1 N–H and O–H groups in total. The molecule has 20 heavy (non-hydrogen) atoms. The fourth-order valence-corrected chi connectivity index (χ4v) is 3.08. The third-order valence-corrected chi connectivity index (χ3v) is 4.20. The van der Waals surface area contributed by atoms with Crippen LogP contribution in [0.2, 0.25) is 0 Å². The minimum atomic E-state index is 0.118. The van der Waals surface area contributed by atoms with Crippen LogP contribution in [-0.4, -0.2) is 18.2 Å². The predicted molar refractivity (Wildman–Crippen MR) is 83.2 cm³/mol. The van der Waals surface area contributed by atoms with E-state index in [0.717, 1.165) is 31.5 Å². The first-order chi connectivity index (χ1) is 9.78. The molecule has 0 fully saturated rings. The first kappa shape index (κ1) is 13.2. The van der Waals surface area contributed by atoms with Gasteiger partial charge in [0.2, 0.25) is 0 Å². The molecule has 2 heteroatoms. The molecule has 2 aromatic rings. The van der Waals surface area contributed by atoms with E-state index in [4.69, 9.17) is 0 Å². The third kappa shape index (κ3) is 2.56. The highest BCUT2D eigenvalue weighted by molar-refractivity contribution is 5.55. The lowest BCUT2D eigenvalue weighted by molar-refractivity contribution is 0.282. The smallest absolute Gasteiger partial charge is 0.0681 e. The van der Waals surface area contributed by atoms with Crippen LogP contribution in [0.4, 0.5) is 5.69 Å². The van der Waals surface area contributed by atoms with E-state index in [9.17, 15) is 5.11 Å². The van der Waals surface area contributed by atoms with Crippen LogP contribution in [0.5, 0.6) is 0 Å². The summed E-state index contributed by atoms with van der Waals surface area (Å²) in [5.74, 6) is 0. The minimum Gasteiger partial charge on any atom is -0.392 e. The summed E-state index contributed by atoms with van der Waals surface area (Å²) in [6.07, 6.45) is 2.22. The number of aryl methyl sites for hydroxylation is 1. The summed E-state index contributed by atoms with van der Waals surface area (Å²) >= 11 is 0. The zero-order chi connectivity index (χ0) is 13.9. The number of fused-ring (bicyclic) bond motifs is 1. The molecule has 0 aromatic heterocycles. The molecular formula is C18H21NO. The van der Waals surface area contributed by atoms with Crippen LogP contribution in [-0.2, 0) is 19.4 Å². The highest BCUT2D eigenvalue weighted by atomic mass is 16.3. The Labute approximate surface area is 120 Å². The molecule has 3 rings (SSSR count). The van der Waals surface area contributed by atoms with Gasteiger partial charge in [-0.3, -0.25) is 0 Å². The van der Waals surface area contributed by atoms with Crippen LogP contribution < -0.4 is 4.90 Å². The molecule has 0 saturated carbocycles. The van der Waals surface area contributed by atoms with E-state index in [1.54, 1.807) is 0 Å². The van der Waals surface area contributed by atoms with Gasteiger partial charge < -0.3 is 10.0 Å². The van der Waals surface area contributed by atoms with Crippen LogP contribution in [0, 0.1) is 6.92 Å². The molecule has 1 aliphatic heterocycles. The average Bonchev–Trinajstić information content (AvgIpc) is 2.70. The highest BCUT2D eigenvalue weighted by Crippen LogP contribution is 2.25. The second-order valence-corrected chi connectivity index (χ2v) is 5.53. The van der Waals surface area contributed by atoms with Gasteiger partial charge in [-0.15, -0.1) is 0 Å². The molecule has 2 nitrogen and oxygen atoms in total. The van der Waals surface area contributed by atoms with Gasteiger partial charge in [-0.25, -0.2) is 0 Å². The minimum absolute atomic E-state index is 0.118. The summed E-state index contributed by atoms with van der Waals surface area (Å²) in [4.78, 5) is 2.47. The van der Waals surface area contributed by atoms with E-state index in [0.29, 0.717) is 0 Å². The van der Waals surface area contributed by atoms with Crippen LogP contribution >= 0.6 is 0 Å². The predicted octanol–water partition coefficient (Wildman–Crippen LogP) is 3.09. The lowest BCUT2D eigenvalue weighted by Crippen LogP contribution is -2.26. The molecule has 104 valence electrons. The van der Waals surface area contributed by atoms with Crippen molar-refractivity contribution in [3.63, 3.8) is 0 Å². The molecule has 0 aliphatic carbocycles. The van der Waals surface area contributed by atoms with Gasteiger partial charge in [-0.2, -0.15) is 0 Å². The fourth-order valence-electron chi connectivity index (χ4n) is 3.08. The van der Waals surface area contributed by atoms with Gasteiger partial charge in [0.05, 0.1) is 6.61 Å². The van der Waals surface area contributed by atoms with Crippen molar-refractivity contribution < 1.29 is 5.11 Å². The second-order valence-electron chi connectivity index (χ2n) is 5.53. The Hall–Kier alpha value is -1.80. The zero-order valence-corrected chi connectivity index (χ0v) is 12.0. The molecule has 0 bridgehead atoms. The molecule has 2 aromatic carbocycles. The van der Waals surface area contributed by atoms with E-state index in [-0.39, 0.29) is 6.61 Å². The Morgan fingerprint density at radius 1 is 1.00 bits per heavy atom. The summed E-state index contributed by atoms with van der Waals surface area (Å²) < 4.78 is 0. The van der Waals surface area contributed by atoms with E-state index >= 15 is 0 Å². The molecular weight excluding hydrogens is 246 g/mol. The van der Waals surface area contributed by atoms with Crippen LogP contribution in [0.1, 0.15) is 22.3 Å². The van der Waals surface area contributed by atoms with E-state index < -0.39 is 0 Å². The van der Waals surface area contributed by atoms with Crippen molar-refractivity contribution in [2.24, 2.45) is 0 Å². The summed E-state index contributed by atoms with van der Waals surface area (Å²) in [5.41, 5.74) is 6.51. The standard InChI is InChI=1S/C18H21NO/c1-14-12-15(13-20)6-7-18(14)19-10-8-16-4-2-3-5-17(16)9-11-19/h2-7,12,20H,8-11,13H2,1H3. The van der Waals surface area contributed by atoms with Gasteiger partial charge >= 0.3 is 0 Å². The quantitative estimate of drug-likeness (QED) is 0.904. The number of hydrogen-bond donors (Lipinski definition) is 1. The van der Waals surface area contributed by atoms with Crippen molar-refractivity contribution in [3.8, 4) is 0 Å². The van der Waals surface area contributed by atoms with E-state index in [1.807, 2.05) is 6.07 Å². The van der Waals surface area contributed by atoms with Crippen molar-refractivity contribution in [1.82, 2.24) is 0 Å². The SMILES string of the molecule is Cc1cc(CO)ccc1N1CCc2ccccc2CC1. The summed E-state index contributed by atoms with van der Waals surface area (Å²) in [7, 11) is 0. The van der Waals surface area contributed by atoms with Gasteiger partial charge in [0.15, 0.2) is 0 Å². The number of aliphatic hydroxyl groups excluding tert-OH is 1. The van der Waals surface area contributed by atoms with Crippen molar-refractivity contribution >= 4 is 5.69 Å². The molecule has 0 atom stereocenters. The number of anilines is 1. The lowest BCUT2D eigenvalue weighted by Gasteiger charge is -2.25. The summed E-state index contributed by atoms with van der Waals surface area (Å²) in [5, 5.41) is 9.21. The first-order valence-corrected chi connectivity index (χ1v) is 7.30. The lowest BCUT2D eigenvalue weighted by atomic mass is 10.0. The van der Waals surface area contributed by atoms with Crippen molar-refractivity contribution in [3.05, 3.63) is 64.7 Å². The number of hydrogen-bond acceptors (Lipinski definition) is 2. The highest BCUT2D eigenvalue weighted by Gasteiger charge is 2.15. The van der Waals surface area contributed by atoms with Gasteiger partial charge in [0.1, 0.15) is 0 Å². The fraction of sp³-hybridized carbons (Fsp3) is 0.333. The van der Waals surface area contributed by atoms with Crippen molar-refractivity contribution in [2.45, 2.75) is 26.4 Å². The molecule has 0 saturated heterocycles. The molecule has 0 spiro atoms.